The molecule has 0 aliphatic carbocycles. The van der Waals surface area contributed by atoms with Crippen LogP contribution in [0.4, 0.5) is 0 Å². The van der Waals surface area contributed by atoms with Crippen molar-refractivity contribution in [2.75, 3.05) is 0 Å². The van der Waals surface area contributed by atoms with Gasteiger partial charge in [0.05, 0.1) is 4.99 Å². The van der Waals surface area contributed by atoms with Crippen LogP contribution in [0.2, 0.25) is 0 Å². The number of hydrogen-bond donors (Lipinski definition) is 1. The van der Waals surface area contributed by atoms with Crippen LogP contribution >= 0.6 is 12.2 Å². The van der Waals surface area contributed by atoms with E-state index in [0.717, 1.165) is 10.7 Å². The average molecular weight is 129 g/mol. The Kier molecular flexibility index (Phi) is 3.44. The second-order valence-corrected chi connectivity index (χ2v) is 2.27. The maximum atomic E-state index is 4.79. The lowest BCUT2D eigenvalue weighted by molar-refractivity contribution is 1.12. The monoisotopic (exact) mass is 129 g/mol. The van der Waals surface area contributed by atoms with Gasteiger partial charge in [-0.1, -0.05) is 18.3 Å². The zero-order valence-corrected chi connectivity index (χ0v) is 6.30. The molecule has 0 radical (unpaired) electrons. The van der Waals surface area contributed by atoms with Gasteiger partial charge in [-0.05, 0) is 20.8 Å². The van der Waals surface area contributed by atoms with Crippen LogP contribution in [0.5, 0.6) is 0 Å². The first-order valence-electron chi connectivity index (χ1n) is 2.57. The predicted octanol–water partition coefficient (Wildman–Crippen LogP) is 1.85. The van der Waals surface area contributed by atoms with E-state index in [1.807, 2.05) is 26.8 Å². The van der Waals surface area contributed by atoms with Crippen molar-refractivity contribution < 1.29 is 0 Å². The van der Waals surface area contributed by atoms with Crippen LogP contribution in [0.25, 0.3) is 0 Å². The van der Waals surface area contributed by atoms with Gasteiger partial charge in [-0.3, -0.25) is 0 Å². The van der Waals surface area contributed by atoms with Gasteiger partial charge < -0.3 is 5.32 Å². The van der Waals surface area contributed by atoms with Gasteiger partial charge in [-0.25, -0.2) is 0 Å². The van der Waals surface area contributed by atoms with Crippen molar-refractivity contribution in [3.8, 4) is 0 Å². The molecule has 0 heterocycles. The number of rotatable bonds is 1. The third-order valence-electron chi connectivity index (χ3n) is 0.806. The Labute approximate surface area is 55.8 Å². The van der Waals surface area contributed by atoms with E-state index in [4.69, 9.17) is 12.2 Å². The van der Waals surface area contributed by atoms with E-state index in [9.17, 15) is 0 Å². The van der Waals surface area contributed by atoms with Crippen molar-refractivity contribution >= 4 is 17.2 Å². The molecule has 0 aromatic carbocycles. The summed E-state index contributed by atoms with van der Waals surface area (Å²) in [7, 11) is 0. The number of nitrogens with one attached hydrogen (secondary N) is 1. The van der Waals surface area contributed by atoms with Gasteiger partial charge in [0, 0.05) is 5.70 Å². The van der Waals surface area contributed by atoms with Gasteiger partial charge in [0.15, 0.2) is 0 Å². The van der Waals surface area contributed by atoms with Crippen molar-refractivity contribution in [3.63, 3.8) is 0 Å². The minimum absolute atomic E-state index is 0.820. The van der Waals surface area contributed by atoms with E-state index in [-0.39, 0.29) is 0 Å². The summed E-state index contributed by atoms with van der Waals surface area (Å²) in [6.45, 7) is 5.82. The first-order valence-corrected chi connectivity index (χ1v) is 2.98. The predicted molar refractivity (Wildman–Crippen MR) is 40.8 cm³/mol. The lowest BCUT2D eigenvalue weighted by Crippen LogP contribution is -2.14. The van der Waals surface area contributed by atoms with Crippen LogP contribution in [0.3, 0.4) is 0 Å². The summed E-state index contributed by atoms with van der Waals surface area (Å²) in [5.74, 6) is 0. The fourth-order valence-corrected chi connectivity index (χ4v) is 0.511. The molecule has 0 amide bonds. The molecule has 0 saturated carbocycles. The van der Waals surface area contributed by atoms with E-state index >= 15 is 0 Å². The highest BCUT2D eigenvalue weighted by molar-refractivity contribution is 7.80. The highest BCUT2D eigenvalue weighted by Gasteiger charge is 1.83. The number of thiocarbonyl (C=S) groups is 1. The van der Waals surface area contributed by atoms with E-state index in [2.05, 4.69) is 5.32 Å². The zero-order valence-electron chi connectivity index (χ0n) is 5.49. The molecule has 1 nitrogen and oxygen atoms in total. The smallest absolute Gasteiger partial charge is 0.0763 e. The van der Waals surface area contributed by atoms with Crippen molar-refractivity contribution in [2.45, 2.75) is 20.8 Å². The highest BCUT2D eigenvalue weighted by Crippen LogP contribution is 1.83. The largest absolute Gasteiger partial charge is 0.354 e. The molecule has 0 bridgehead atoms. The molecule has 0 fully saturated rings. The Balaban J connectivity index is 3.56. The topological polar surface area (TPSA) is 12.0 Å². The van der Waals surface area contributed by atoms with Crippen LogP contribution in [-0.4, -0.2) is 4.99 Å². The van der Waals surface area contributed by atoms with Crippen molar-refractivity contribution in [1.82, 2.24) is 5.32 Å². The third-order valence-corrected chi connectivity index (χ3v) is 0.908. The maximum Gasteiger partial charge on any atom is 0.0763 e. The Morgan fingerprint density at radius 3 is 2.12 bits per heavy atom. The third kappa shape index (κ3) is 3.81. The lowest BCUT2D eigenvalue weighted by Gasteiger charge is -1.99. The SMILES string of the molecule is C/C=C(/C)NC(C)=S. The quantitative estimate of drug-likeness (QED) is 0.542. The van der Waals surface area contributed by atoms with Crippen LogP contribution in [0.15, 0.2) is 11.8 Å². The summed E-state index contributed by atoms with van der Waals surface area (Å²) < 4.78 is 0. The van der Waals surface area contributed by atoms with Gasteiger partial charge in [-0.2, -0.15) is 0 Å². The van der Waals surface area contributed by atoms with Crippen LogP contribution in [0.1, 0.15) is 20.8 Å². The minimum Gasteiger partial charge on any atom is -0.354 e. The summed E-state index contributed by atoms with van der Waals surface area (Å²) in [5, 5.41) is 2.98. The van der Waals surface area contributed by atoms with Crippen LogP contribution in [0, 0.1) is 0 Å². The molecule has 0 saturated heterocycles. The molecule has 0 rings (SSSR count). The first kappa shape index (κ1) is 7.63. The molecule has 46 valence electrons. The minimum atomic E-state index is 0.820. The summed E-state index contributed by atoms with van der Waals surface area (Å²) in [5.41, 5.74) is 1.11. The molecule has 0 aliphatic rings. The van der Waals surface area contributed by atoms with E-state index < -0.39 is 0 Å². The molecule has 0 aliphatic heterocycles. The summed E-state index contributed by atoms with van der Waals surface area (Å²) in [6.07, 6.45) is 1.98. The van der Waals surface area contributed by atoms with Crippen molar-refractivity contribution in [2.24, 2.45) is 0 Å². The molecule has 2 heteroatoms. The lowest BCUT2D eigenvalue weighted by atomic mass is 10.4. The van der Waals surface area contributed by atoms with Gasteiger partial charge >= 0.3 is 0 Å². The Bertz CT molecular complexity index is 116. The standard InChI is InChI=1S/C6H11NS/c1-4-5(2)7-6(3)8/h4H,1-3H3,(H,7,8)/b5-4-. The van der Waals surface area contributed by atoms with Gasteiger partial charge in [0.2, 0.25) is 0 Å². The summed E-state index contributed by atoms with van der Waals surface area (Å²) in [4.78, 5) is 0.820. The summed E-state index contributed by atoms with van der Waals surface area (Å²) in [6, 6.07) is 0. The second kappa shape index (κ2) is 3.61. The fourth-order valence-electron chi connectivity index (χ4n) is 0.350. The van der Waals surface area contributed by atoms with Crippen molar-refractivity contribution in [3.05, 3.63) is 11.8 Å². The van der Waals surface area contributed by atoms with Gasteiger partial charge in [0.25, 0.3) is 0 Å². The maximum absolute atomic E-state index is 4.79. The van der Waals surface area contributed by atoms with Crippen LogP contribution in [-0.2, 0) is 0 Å². The molecule has 8 heavy (non-hydrogen) atoms. The van der Waals surface area contributed by atoms with E-state index in [0.29, 0.717) is 0 Å². The number of allylic oxidation sites excluding steroid dienone is 2. The van der Waals surface area contributed by atoms with Gasteiger partial charge in [0.1, 0.15) is 0 Å². The Hall–Kier alpha value is -0.370. The number of hydrogen-bond acceptors (Lipinski definition) is 1. The Morgan fingerprint density at radius 1 is 1.50 bits per heavy atom. The van der Waals surface area contributed by atoms with Crippen LogP contribution < -0.4 is 5.32 Å². The molecular weight excluding hydrogens is 118 g/mol. The van der Waals surface area contributed by atoms with Crippen molar-refractivity contribution in [1.29, 1.82) is 0 Å². The molecule has 0 unspecified atom stereocenters. The molecule has 0 spiro atoms. The zero-order chi connectivity index (χ0) is 6.57. The molecule has 0 atom stereocenters. The van der Waals surface area contributed by atoms with E-state index in [1.165, 1.54) is 0 Å². The average Bonchev–Trinajstić information content (AvgIpc) is 1.65. The molecule has 0 aromatic heterocycles. The normalized spacial score (nSPS) is 11.1. The Morgan fingerprint density at radius 2 is 2.00 bits per heavy atom. The fraction of sp³-hybridized carbons (Fsp3) is 0.500. The summed E-state index contributed by atoms with van der Waals surface area (Å²) >= 11 is 4.79. The molecular formula is C6H11NS. The molecule has 1 N–H and O–H groups in total. The van der Waals surface area contributed by atoms with Gasteiger partial charge in [-0.15, -0.1) is 0 Å². The van der Waals surface area contributed by atoms with E-state index in [1.54, 1.807) is 0 Å². The highest BCUT2D eigenvalue weighted by atomic mass is 32.1. The second-order valence-electron chi connectivity index (χ2n) is 1.65. The molecule has 0 aromatic rings. The first-order chi connectivity index (χ1) is 3.66.